The number of pyridine rings is 1. The van der Waals surface area contributed by atoms with Crippen molar-refractivity contribution in [2.24, 2.45) is 5.92 Å². The van der Waals surface area contributed by atoms with E-state index in [1.54, 1.807) is 6.20 Å². The molecule has 1 unspecified atom stereocenters. The van der Waals surface area contributed by atoms with E-state index in [2.05, 4.69) is 37.9 Å². The van der Waals surface area contributed by atoms with Gasteiger partial charge in [0.25, 0.3) is 0 Å². The van der Waals surface area contributed by atoms with Crippen molar-refractivity contribution in [3.8, 4) is 0 Å². The molecule has 2 nitrogen and oxygen atoms in total. The molecule has 0 aliphatic heterocycles. The molecule has 0 fully saturated rings. The lowest BCUT2D eigenvalue weighted by Crippen LogP contribution is -2.07. The summed E-state index contributed by atoms with van der Waals surface area (Å²) in [5.41, 5.74) is 4.08. The van der Waals surface area contributed by atoms with Crippen molar-refractivity contribution in [3.63, 3.8) is 0 Å². The van der Waals surface area contributed by atoms with Gasteiger partial charge in [-0.1, -0.05) is 51.1 Å². The Balaban J connectivity index is 2.30. The average Bonchev–Trinajstić information content (AvgIpc) is 2.46. The van der Waals surface area contributed by atoms with Gasteiger partial charge in [-0.2, -0.15) is 0 Å². The monoisotopic (exact) mass is 269 g/mol. The molecule has 2 heteroatoms. The molecule has 0 bridgehead atoms. The molecule has 0 amide bonds. The van der Waals surface area contributed by atoms with E-state index in [1.807, 2.05) is 24.3 Å². The Morgan fingerprint density at radius 2 is 1.95 bits per heavy atom. The number of aromatic nitrogens is 1. The molecule has 0 saturated heterocycles. The Hall–Kier alpha value is -1.67. The smallest absolute Gasteiger partial charge is 0.121 e. The molecule has 2 aromatic rings. The van der Waals surface area contributed by atoms with Gasteiger partial charge < -0.3 is 5.11 Å². The molecule has 0 saturated carbocycles. The van der Waals surface area contributed by atoms with E-state index in [0.29, 0.717) is 5.92 Å². The molecule has 1 N–H and O–H groups in total. The molecule has 1 aromatic carbocycles. The first-order valence-corrected chi connectivity index (χ1v) is 7.32. The number of hydrogen-bond acceptors (Lipinski definition) is 2. The van der Waals surface area contributed by atoms with E-state index >= 15 is 0 Å². The Labute approximate surface area is 121 Å². The maximum absolute atomic E-state index is 10.6. The number of aliphatic hydroxyl groups excluding tert-OH is 1. The van der Waals surface area contributed by atoms with E-state index in [-0.39, 0.29) is 0 Å². The number of nitrogens with zero attached hydrogens (tertiary/aromatic N) is 1. The number of aryl methyl sites for hydroxylation is 1. The minimum Gasteiger partial charge on any atom is -0.382 e. The number of rotatable bonds is 5. The summed E-state index contributed by atoms with van der Waals surface area (Å²) in [6.45, 7) is 6.50. The van der Waals surface area contributed by atoms with Gasteiger partial charge in [0.2, 0.25) is 0 Å². The molecule has 1 aromatic heterocycles. The van der Waals surface area contributed by atoms with Crippen molar-refractivity contribution in [3.05, 3.63) is 65.0 Å². The normalized spacial score (nSPS) is 12.7. The quantitative estimate of drug-likeness (QED) is 0.892. The lowest BCUT2D eigenvalue weighted by Gasteiger charge is -2.15. The van der Waals surface area contributed by atoms with Crippen LogP contribution in [0, 0.1) is 5.92 Å². The Bertz CT molecular complexity index is 563. The highest BCUT2D eigenvalue weighted by molar-refractivity contribution is 5.33. The van der Waals surface area contributed by atoms with Gasteiger partial charge in [0.05, 0.1) is 5.69 Å². The second kappa shape index (κ2) is 6.67. The van der Waals surface area contributed by atoms with Crippen LogP contribution in [-0.4, -0.2) is 10.1 Å². The van der Waals surface area contributed by atoms with Crippen LogP contribution in [0.25, 0.3) is 0 Å². The summed E-state index contributed by atoms with van der Waals surface area (Å²) >= 11 is 0. The predicted octanol–water partition coefficient (Wildman–Crippen LogP) is 3.92. The first-order chi connectivity index (χ1) is 9.61. The highest BCUT2D eigenvalue weighted by Crippen LogP contribution is 2.24. The van der Waals surface area contributed by atoms with Crippen molar-refractivity contribution < 1.29 is 5.11 Å². The van der Waals surface area contributed by atoms with Crippen LogP contribution in [0.1, 0.15) is 49.3 Å². The zero-order chi connectivity index (χ0) is 14.5. The summed E-state index contributed by atoms with van der Waals surface area (Å²) in [7, 11) is 0. The molecule has 2 rings (SSSR count). The largest absolute Gasteiger partial charge is 0.382 e. The summed E-state index contributed by atoms with van der Waals surface area (Å²) in [6.07, 6.45) is 3.02. The lowest BCUT2D eigenvalue weighted by molar-refractivity contribution is 0.214. The van der Waals surface area contributed by atoms with Gasteiger partial charge in [0, 0.05) is 6.20 Å². The van der Waals surface area contributed by atoms with Gasteiger partial charge in [0.1, 0.15) is 6.10 Å². The molecule has 1 atom stereocenters. The van der Waals surface area contributed by atoms with E-state index < -0.39 is 6.10 Å². The molecular formula is C18H23NO. The second-order valence-corrected chi connectivity index (χ2v) is 5.65. The minimum atomic E-state index is -0.640. The van der Waals surface area contributed by atoms with Crippen LogP contribution < -0.4 is 0 Å². The summed E-state index contributed by atoms with van der Waals surface area (Å²) in [6, 6.07) is 12.2. The van der Waals surface area contributed by atoms with Crippen molar-refractivity contribution in [2.75, 3.05) is 0 Å². The molecule has 1 heterocycles. The fourth-order valence-corrected chi connectivity index (χ4v) is 2.52. The lowest BCUT2D eigenvalue weighted by atomic mass is 9.96. The van der Waals surface area contributed by atoms with Crippen LogP contribution in [-0.2, 0) is 12.8 Å². The maximum Gasteiger partial charge on any atom is 0.121 e. The fraction of sp³-hybridized carbons (Fsp3) is 0.389. The average molecular weight is 269 g/mol. The van der Waals surface area contributed by atoms with E-state index in [4.69, 9.17) is 0 Å². The predicted molar refractivity (Wildman–Crippen MR) is 82.7 cm³/mol. The van der Waals surface area contributed by atoms with Gasteiger partial charge in [-0.25, -0.2) is 0 Å². The molecule has 0 aliphatic carbocycles. The maximum atomic E-state index is 10.6. The molecule has 0 aliphatic rings. The number of benzene rings is 1. The van der Waals surface area contributed by atoms with E-state index in [9.17, 15) is 5.11 Å². The van der Waals surface area contributed by atoms with Crippen LogP contribution in [0.15, 0.2) is 42.6 Å². The standard InChI is InChI=1S/C18H23NO/c1-4-15-9-6-10-19-17(15)18(20)16-8-5-7-14(12-16)11-13(2)3/h5-10,12-13,18,20H,4,11H2,1-3H3. The summed E-state index contributed by atoms with van der Waals surface area (Å²) in [5.74, 6) is 0.614. The van der Waals surface area contributed by atoms with E-state index in [1.165, 1.54) is 5.56 Å². The third-order valence-corrected chi connectivity index (χ3v) is 3.48. The first-order valence-electron chi connectivity index (χ1n) is 7.32. The zero-order valence-electron chi connectivity index (χ0n) is 12.5. The Kier molecular flexibility index (Phi) is 4.91. The summed E-state index contributed by atoms with van der Waals surface area (Å²) in [4.78, 5) is 4.37. The van der Waals surface area contributed by atoms with Crippen molar-refractivity contribution >= 4 is 0 Å². The first kappa shape index (κ1) is 14.7. The van der Waals surface area contributed by atoms with Crippen molar-refractivity contribution in [2.45, 2.75) is 39.7 Å². The molecule has 0 radical (unpaired) electrons. The topological polar surface area (TPSA) is 33.1 Å². The van der Waals surface area contributed by atoms with Gasteiger partial charge in [-0.05, 0) is 41.5 Å². The third-order valence-electron chi connectivity index (χ3n) is 3.48. The van der Waals surface area contributed by atoms with Gasteiger partial charge >= 0.3 is 0 Å². The van der Waals surface area contributed by atoms with Gasteiger partial charge in [-0.3, -0.25) is 4.98 Å². The van der Waals surface area contributed by atoms with Gasteiger partial charge in [-0.15, -0.1) is 0 Å². The number of hydrogen-bond donors (Lipinski definition) is 1. The molecular weight excluding hydrogens is 246 g/mol. The third kappa shape index (κ3) is 3.45. The van der Waals surface area contributed by atoms with Crippen molar-refractivity contribution in [1.29, 1.82) is 0 Å². The van der Waals surface area contributed by atoms with Crippen molar-refractivity contribution in [1.82, 2.24) is 4.98 Å². The minimum absolute atomic E-state index is 0.614. The van der Waals surface area contributed by atoms with Crippen LogP contribution >= 0.6 is 0 Å². The number of aliphatic hydroxyl groups is 1. The molecule has 20 heavy (non-hydrogen) atoms. The second-order valence-electron chi connectivity index (χ2n) is 5.65. The van der Waals surface area contributed by atoms with Crippen LogP contribution in [0.5, 0.6) is 0 Å². The Morgan fingerprint density at radius 3 is 2.65 bits per heavy atom. The molecule has 106 valence electrons. The SMILES string of the molecule is CCc1cccnc1C(O)c1cccc(CC(C)C)c1. The molecule has 0 spiro atoms. The van der Waals surface area contributed by atoms with Crippen LogP contribution in [0.4, 0.5) is 0 Å². The van der Waals surface area contributed by atoms with Gasteiger partial charge in [0.15, 0.2) is 0 Å². The summed E-state index contributed by atoms with van der Waals surface area (Å²) < 4.78 is 0. The fourth-order valence-electron chi connectivity index (χ4n) is 2.52. The highest BCUT2D eigenvalue weighted by atomic mass is 16.3. The zero-order valence-corrected chi connectivity index (χ0v) is 12.5. The highest BCUT2D eigenvalue weighted by Gasteiger charge is 2.15. The van der Waals surface area contributed by atoms with E-state index in [0.717, 1.165) is 29.7 Å². The van der Waals surface area contributed by atoms with Crippen LogP contribution in [0.2, 0.25) is 0 Å². The van der Waals surface area contributed by atoms with Crippen LogP contribution in [0.3, 0.4) is 0 Å². The Morgan fingerprint density at radius 1 is 1.15 bits per heavy atom. The summed E-state index contributed by atoms with van der Waals surface area (Å²) in [5, 5.41) is 10.6.